The highest BCUT2D eigenvalue weighted by atomic mass is 35.5. The lowest BCUT2D eigenvalue weighted by Crippen LogP contribution is -2.29. The molecular weight excluding hydrogens is 258 g/mol. The number of anilines is 1. The fourth-order valence-electron chi connectivity index (χ4n) is 1.71. The number of nitrogens with one attached hydrogen (secondary N) is 1. The topological polar surface area (TPSA) is 68.0 Å². The average Bonchev–Trinajstić information content (AvgIpc) is 2.82. The summed E-state index contributed by atoms with van der Waals surface area (Å²) >= 11 is 7.83. The number of aromatic nitrogens is 1. The second kappa shape index (κ2) is 5.60. The van der Waals surface area contributed by atoms with Crippen LogP contribution in [0, 0.1) is 5.92 Å². The van der Waals surface area contributed by atoms with E-state index in [2.05, 4.69) is 10.3 Å². The van der Waals surface area contributed by atoms with Gasteiger partial charge < -0.3 is 11.1 Å². The lowest BCUT2D eigenvalue weighted by Gasteiger charge is -2.10. The van der Waals surface area contributed by atoms with Crippen LogP contribution in [0.4, 0.5) is 5.82 Å². The van der Waals surface area contributed by atoms with Crippen LogP contribution in [0.3, 0.4) is 0 Å². The van der Waals surface area contributed by atoms with Crippen LogP contribution in [-0.2, 0) is 0 Å². The van der Waals surface area contributed by atoms with Crippen LogP contribution >= 0.6 is 23.4 Å². The first kappa shape index (κ1) is 12.5. The third kappa shape index (κ3) is 3.26. The molecule has 4 nitrogen and oxygen atoms in total. The molecule has 92 valence electrons. The summed E-state index contributed by atoms with van der Waals surface area (Å²) in [6.45, 7) is 0.699. The fraction of sp³-hybridized carbons (Fsp3) is 0.455. The Kier molecular flexibility index (Phi) is 4.12. The summed E-state index contributed by atoms with van der Waals surface area (Å²) in [5.74, 6) is 2.99. The van der Waals surface area contributed by atoms with Crippen molar-refractivity contribution in [1.82, 2.24) is 10.3 Å². The number of nitrogen functional groups attached to an aromatic ring is 1. The van der Waals surface area contributed by atoms with E-state index in [0.717, 1.165) is 12.2 Å². The Bertz CT molecular complexity index is 421. The average molecular weight is 272 g/mol. The van der Waals surface area contributed by atoms with Gasteiger partial charge in [-0.25, -0.2) is 4.98 Å². The Morgan fingerprint density at radius 3 is 3.24 bits per heavy atom. The molecule has 0 aromatic carbocycles. The first-order valence-electron chi connectivity index (χ1n) is 5.44. The lowest BCUT2D eigenvalue weighted by atomic mass is 10.1. The van der Waals surface area contributed by atoms with Gasteiger partial charge in [0.05, 0.1) is 10.6 Å². The normalized spacial score (nSPS) is 19.2. The van der Waals surface area contributed by atoms with Crippen LogP contribution in [0.25, 0.3) is 0 Å². The van der Waals surface area contributed by atoms with E-state index in [4.69, 9.17) is 17.3 Å². The minimum Gasteiger partial charge on any atom is -0.384 e. The van der Waals surface area contributed by atoms with Crippen molar-refractivity contribution >= 4 is 35.1 Å². The molecule has 17 heavy (non-hydrogen) atoms. The van der Waals surface area contributed by atoms with Gasteiger partial charge in [-0.05, 0) is 29.9 Å². The van der Waals surface area contributed by atoms with Crippen LogP contribution < -0.4 is 11.1 Å². The Labute approximate surface area is 109 Å². The number of hydrogen-bond acceptors (Lipinski definition) is 4. The molecular formula is C11H14ClN3OS. The van der Waals surface area contributed by atoms with E-state index < -0.39 is 0 Å². The SMILES string of the molecule is Nc1cc(C(=O)NCC2CCSC2)c(Cl)cn1. The molecule has 1 saturated heterocycles. The summed E-state index contributed by atoms with van der Waals surface area (Å²) in [4.78, 5) is 15.7. The van der Waals surface area contributed by atoms with E-state index in [1.807, 2.05) is 11.8 Å². The van der Waals surface area contributed by atoms with E-state index in [-0.39, 0.29) is 5.91 Å². The zero-order valence-corrected chi connectivity index (χ0v) is 10.9. The van der Waals surface area contributed by atoms with Gasteiger partial charge in [-0.3, -0.25) is 4.79 Å². The highest BCUT2D eigenvalue weighted by Gasteiger charge is 2.17. The predicted octanol–water partition coefficient (Wildman–Crippen LogP) is 1.80. The molecule has 1 aliphatic heterocycles. The summed E-state index contributed by atoms with van der Waals surface area (Å²) in [6, 6.07) is 1.50. The molecule has 1 atom stereocenters. The van der Waals surface area contributed by atoms with Crippen LogP contribution in [0.1, 0.15) is 16.8 Å². The molecule has 0 aliphatic carbocycles. The Morgan fingerprint density at radius 1 is 1.71 bits per heavy atom. The molecule has 6 heteroatoms. The van der Waals surface area contributed by atoms with Gasteiger partial charge in [-0.2, -0.15) is 11.8 Å². The Balaban J connectivity index is 1.96. The van der Waals surface area contributed by atoms with E-state index >= 15 is 0 Å². The van der Waals surface area contributed by atoms with Crippen molar-refractivity contribution in [3.05, 3.63) is 22.8 Å². The largest absolute Gasteiger partial charge is 0.384 e. The summed E-state index contributed by atoms with van der Waals surface area (Å²) in [6.07, 6.45) is 2.56. The van der Waals surface area contributed by atoms with Gasteiger partial charge in [-0.1, -0.05) is 11.6 Å². The van der Waals surface area contributed by atoms with E-state index in [9.17, 15) is 4.79 Å². The smallest absolute Gasteiger partial charge is 0.253 e. The van der Waals surface area contributed by atoms with Crippen molar-refractivity contribution in [2.24, 2.45) is 5.92 Å². The predicted molar refractivity (Wildman–Crippen MR) is 71.4 cm³/mol. The summed E-state index contributed by atoms with van der Waals surface area (Å²) in [5, 5.41) is 3.22. The number of thioether (sulfide) groups is 1. The number of rotatable bonds is 3. The molecule has 0 spiro atoms. The van der Waals surface area contributed by atoms with Gasteiger partial charge in [0.15, 0.2) is 0 Å². The third-order valence-corrected chi connectivity index (χ3v) is 4.23. The monoisotopic (exact) mass is 271 g/mol. The second-order valence-electron chi connectivity index (χ2n) is 4.03. The molecule has 1 aliphatic rings. The Morgan fingerprint density at radius 2 is 2.53 bits per heavy atom. The number of nitrogens with two attached hydrogens (primary N) is 1. The fourth-order valence-corrected chi connectivity index (χ4v) is 3.18. The van der Waals surface area contributed by atoms with Crippen LogP contribution in [-0.4, -0.2) is 28.9 Å². The molecule has 1 aromatic heterocycles. The number of nitrogens with zero attached hydrogens (tertiary/aromatic N) is 1. The van der Waals surface area contributed by atoms with Gasteiger partial charge in [0.2, 0.25) is 0 Å². The van der Waals surface area contributed by atoms with E-state index in [1.165, 1.54) is 18.0 Å². The summed E-state index contributed by atoms with van der Waals surface area (Å²) < 4.78 is 0. The maximum atomic E-state index is 11.9. The molecule has 1 amide bonds. The second-order valence-corrected chi connectivity index (χ2v) is 5.59. The van der Waals surface area contributed by atoms with Crippen LogP contribution in [0.15, 0.2) is 12.3 Å². The van der Waals surface area contributed by atoms with Gasteiger partial charge in [0.1, 0.15) is 5.82 Å². The highest BCUT2D eigenvalue weighted by Crippen LogP contribution is 2.23. The van der Waals surface area contributed by atoms with Crippen molar-refractivity contribution in [1.29, 1.82) is 0 Å². The lowest BCUT2D eigenvalue weighted by molar-refractivity contribution is 0.0948. The van der Waals surface area contributed by atoms with Crippen molar-refractivity contribution in [3.63, 3.8) is 0 Å². The number of hydrogen-bond donors (Lipinski definition) is 2. The number of carbonyl (C=O) groups excluding carboxylic acids is 1. The number of halogens is 1. The quantitative estimate of drug-likeness (QED) is 0.880. The molecule has 1 aromatic rings. The minimum atomic E-state index is -0.180. The van der Waals surface area contributed by atoms with Crippen LogP contribution in [0.5, 0.6) is 0 Å². The molecule has 0 bridgehead atoms. The van der Waals surface area contributed by atoms with Crippen LogP contribution in [0.2, 0.25) is 5.02 Å². The minimum absolute atomic E-state index is 0.180. The van der Waals surface area contributed by atoms with Gasteiger partial charge in [0, 0.05) is 12.7 Å². The summed E-state index contributed by atoms with van der Waals surface area (Å²) in [5.41, 5.74) is 5.92. The van der Waals surface area contributed by atoms with Gasteiger partial charge in [0.25, 0.3) is 5.91 Å². The van der Waals surface area contributed by atoms with Crippen molar-refractivity contribution in [2.45, 2.75) is 6.42 Å². The van der Waals surface area contributed by atoms with E-state index in [0.29, 0.717) is 28.9 Å². The highest BCUT2D eigenvalue weighted by molar-refractivity contribution is 7.99. The van der Waals surface area contributed by atoms with Crippen molar-refractivity contribution in [3.8, 4) is 0 Å². The molecule has 1 fully saturated rings. The number of pyridine rings is 1. The van der Waals surface area contributed by atoms with Gasteiger partial charge in [-0.15, -0.1) is 0 Å². The molecule has 2 heterocycles. The third-order valence-electron chi connectivity index (χ3n) is 2.70. The molecule has 0 radical (unpaired) electrons. The zero-order chi connectivity index (χ0) is 12.3. The van der Waals surface area contributed by atoms with Crippen molar-refractivity contribution in [2.75, 3.05) is 23.8 Å². The first-order valence-corrected chi connectivity index (χ1v) is 6.97. The standard InChI is InChI=1S/C11H14ClN3OS/c12-9-5-14-10(13)3-8(9)11(16)15-4-7-1-2-17-6-7/h3,5,7H,1-2,4,6H2,(H2,13,14)(H,15,16). The Hall–Kier alpha value is -0.940. The molecule has 1 unspecified atom stereocenters. The maximum Gasteiger partial charge on any atom is 0.253 e. The molecule has 3 N–H and O–H groups in total. The number of carbonyl (C=O) groups is 1. The molecule has 0 saturated carbocycles. The van der Waals surface area contributed by atoms with Crippen molar-refractivity contribution < 1.29 is 4.79 Å². The molecule has 2 rings (SSSR count). The van der Waals surface area contributed by atoms with E-state index in [1.54, 1.807) is 0 Å². The summed E-state index contributed by atoms with van der Waals surface area (Å²) in [7, 11) is 0. The maximum absolute atomic E-state index is 11.9. The number of amides is 1. The van der Waals surface area contributed by atoms with Gasteiger partial charge >= 0.3 is 0 Å². The first-order chi connectivity index (χ1) is 8.16. The zero-order valence-electron chi connectivity index (χ0n) is 9.28.